The van der Waals surface area contributed by atoms with Gasteiger partial charge in [0, 0.05) is 13.1 Å². The van der Waals surface area contributed by atoms with Crippen molar-refractivity contribution in [2.45, 2.75) is 63.7 Å². The van der Waals surface area contributed by atoms with E-state index in [0.29, 0.717) is 13.1 Å². The van der Waals surface area contributed by atoms with Crippen molar-refractivity contribution in [3.63, 3.8) is 0 Å². The Balaban J connectivity index is 1.52. The predicted octanol–water partition coefficient (Wildman–Crippen LogP) is 3.32. The lowest BCUT2D eigenvalue weighted by Gasteiger charge is -2.35. The number of nitrogens with zero attached hydrogens (tertiary/aromatic N) is 4. The lowest BCUT2D eigenvalue weighted by molar-refractivity contribution is -0.153. The van der Waals surface area contributed by atoms with Gasteiger partial charge in [0.05, 0.1) is 23.9 Å². The smallest absolute Gasteiger partial charge is 0.248 e. The van der Waals surface area contributed by atoms with E-state index in [2.05, 4.69) is 0 Å². The summed E-state index contributed by atoms with van der Waals surface area (Å²) in [4.78, 5) is 58.5. The molecule has 38 heavy (non-hydrogen) atoms. The van der Waals surface area contributed by atoms with Gasteiger partial charge >= 0.3 is 0 Å². The van der Waals surface area contributed by atoms with Gasteiger partial charge in [0.15, 0.2) is 0 Å². The van der Waals surface area contributed by atoms with E-state index < -0.39 is 36.0 Å². The fraction of sp³-hybridized carbons (Fsp3) is 0.467. The Hall–Kier alpha value is -3.36. The number of carbonyl (C=O) groups excluding carboxylic acids is 4. The third-order valence-corrected chi connectivity index (χ3v) is 8.66. The number of hydrogen-bond donors (Lipinski definition) is 0. The van der Waals surface area contributed by atoms with Gasteiger partial charge < -0.3 is 0 Å². The van der Waals surface area contributed by atoms with Crippen molar-refractivity contribution in [2.24, 2.45) is 11.8 Å². The second kappa shape index (κ2) is 9.75. The molecule has 0 aliphatic carbocycles. The van der Waals surface area contributed by atoms with Crippen LogP contribution in [0.1, 0.15) is 62.7 Å². The zero-order chi connectivity index (χ0) is 26.6. The Kier molecular flexibility index (Phi) is 6.40. The van der Waals surface area contributed by atoms with Gasteiger partial charge in [-0.1, -0.05) is 87.4 Å². The molecule has 4 fully saturated rings. The van der Waals surface area contributed by atoms with Gasteiger partial charge in [0.2, 0.25) is 23.6 Å². The average molecular weight is 515 g/mol. The first-order valence-electron chi connectivity index (χ1n) is 13.9. The Morgan fingerprint density at radius 2 is 0.895 bits per heavy atom. The molecule has 0 bridgehead atoms. The van der Waals surface area contributed by atoms with Gasteiger partial charge in [0.1, 0.15) is 12.1 Å². The highest BCUT2D eigenvalue weighted by atomic mass is 16.2. The van der Waals surface area contributed by atoms with Gasteiger partial charge in [-0.05, 0) is 24.0 Å². The molecule has 2 aromatic rings. The number of amides is 4. The van der Waals surface area contributed by atoms with E-state index >= 15 is 0 Å². The molecule has 4 aliphatic heterocycles. The van der Waals surface area contributed by atoms with Crippen molar-refractivity contribution in [3.8, 4) is 0 Å². The summed E-state index contributed by atoms with van der Waals surface area (Å²) in [6.07, 6.45) is 3.23. The molecule has 6 rings (SSSR count). The van der Waals surface area contributed by atoms with Crippen molar-refractivity contribution in [1.82, 2.24) is 19.8 Å². The topological polar surface area (TPSA) is 81.2 Å². The first-order chi connectivity index (χ1) is 18.5. The van der Waals surface area contributed by atoms with Crippen molar-refractivity contribution >= 4 is 23.6 Å². The zero-order valence-corrected chi connectivity index (χ0v) is 21.9. The first-order valence-corrected chi connectivity index (χ1v) is 13.9. The van der Waals surface area contributed by atoms with E-state index in [1.807, 2.05) is 84.5 Å². The molecule has 4 heterocycles. The number of fused-ring (bicyclic) bond motifs is 5. The largest absolute Gasteiger partial charge is 0.281 e. The van der Waals surface area contributed by atoms with E-state index in [0.717, 1.165) is 36.8 Å². The summed E-state index contributed by atoms with van der Waals surface area (Å²) in [5, 5.41) is 3.90. The number of hydrazine groups is 1. The van der Waals surface area contributed by atoms with Crippen LogP contribution in [0, 0.1) is 11.8 Å². The number of hydrogen-bond acceptors (Lipinski definition) is 6. The highest BCUT2D eigenvalue weighted by Gasteiger charge is 2.73. The van der Waals surface area contributed by atoms with Gasteiger partial charge in [0.25, 0.3) is 0 Å². The van der Waals surface area contributed by atoms with Crippen LogP contribution in [0.15, 0.2) is 60.7 Å². The maximum atomic E-state index is 13.9. The number of benzene rings is 2. The molecule has 0 radical (unpaired) electrons. The van der Waals surface area contributed by atoms with Crippen LogP contribution >= 0.6 is 0 Å². The van der Waals surface area contributed by atoms with Crippen molar-refractivity contribution < 1.29 is 19.2 Å². The fourth-order valence-corrected chi connectivity index (χ4v) is 6.99. The van der Waals surface area contributed by atoms with Crippen LogP contribution in [0.4, 0.5) is 0 Å². The molecule has 8 heteroatoms. The summed E-state index contributed by atoms with van der Waals surface area (Å²) in [7, 11) is 0. The number of rotatable bonds is 8. The second-order valence-electron chi connectivity index (χ2n) is 10.8. The summed E-state index contributed by atoms with van der Waals surface area (Å²) in [6.45, 7) is 4.86. The minimum absolute atomic E-state index is 0.181. The molecule has 6 atom stereocenters. The zero-order valence-electron chi connectivity index (χ0n) is 21.9. The second-order valence-corrected chi connectivity index (χ2v) is 10.8. The van der Waals surface area contributed by atoms with Gasteiger partial charge in [-0.15, -0.1) is 0 Å². The molecule has 0 aromatic heterocycles. The van der Waals surface area contributed by atoms with E-state index in [-0.39, 0.29) is 23.6 Å². The van der Waals surface area contributed by atoms with Crippen LogP contribution in [0.25, 0.3) is 0 Å². The molecule has 4 amide bonds. The minimum Gasteiger partial charge on any atom is -0.281 e. The van der Waals surface area contributed by atoms with E-state index in [1.165, 1.54) is 9.80 Å². The van der Waals surface area contributed by atoms with Gasteiger partial charge in [-0.2, -0.15) is 0 Å². The van der Waals surface area contributed by atoms with E-state index in [1.54, 1.807) is 0 Å². The molecule has 0 unspecified atom stereocenters. The highest BCUT2D eigenvalue weighted by Crippen LogP contribution is 2.59. The standard InChI is InChI=1S/C30H34N4O4/c1-3-5-17-31-27(35)21-23(19-13-9-7-10-14-19)34-26-22(28(36)32(30(26)38)18-6-4-2)24(20-15-11-8-12-16-20)33(34)25(21)29(31)37/h7-16,21-26H,3-6,17-18H2,1-2H3/t21-,22-,23-,24+,25+,26+/m0/s1. The Labute approximate surface area is 223 Å². The molecule has 0 spiro atoms. The van der Waals surface area contributed by atoms with Crippen LogP contribution in [-0.2, 0) is 19.2 Å². The van der Waals surface area contributed by atoms with Crippen LogP contribution in [0.5, 0.6) is 0 Å². The van der Waals surface area contributed by atoms with Crippen molar-refractivity contribution in [2.75, 3.05) is 13.1 Å². The average Bonchev–Trinajstić information content (AvgIpc) is 3.59. The monoisotopic (exact) mass is 514 g/mol. The number of imide groups is 2. The van der Waals surface area contributed by atoms with Crippen LogP contribution in [-0.4, -0.2) is 68.6 Å². The summed E-state index contributed by atoms with van der Waals surface area (Å²) >= 11 is 0. The van der Waals surface area contributed by atoms with Crippen molar-refractivity contribution in [1.29, 1.82) is 0 Å². The molecule has 4 saturated heterocycles. The van der Waals surface area contributed by atoms with Gasteiger partial charge in [-0.25, -0.2) is 10.0 Å². The molecule has 8 nitrogen and oxygen atoms in total. The first kappa shape index (κ1) is 24.9. The molecule has 4 aliphatic rings. The Morgan fingerprint density at radius 1 is 0.526 bits per heavy atom. The summed E-state index contributed by atoms with van der Waals surface area (Å²) in [5.41, 5.74) is 1.76. The Morgan fingerprint density at radius 3 is 1.24 bits per heavy atom. The van der Waals surface area contributed by atoms with Crippen LogP contribution in [0.3, 0.4) is 0 Å². The molecule has 0 saturated carbocycles. The lowest BCUT2D eigenvalue weighted by Crippen LogP contribution is -2.50. The normalized spacial score (nSPS) is 30.9. The quantitative estimate of drug-likeness (QED) is 0.503. The minimum atomic E-state index is -0.745. The lowest BCUT2D eigenvalue weighted by atomic mass is 9.84. The molecular weight excluding hydrogens is 480 g/mol. The van der Waals surface area contributed by atoms with Crippen LogP contribution < -0.4 is 0 Å². The third-order valence-electron chi connectivity index (χ3n) is 8.66. The Bertz CT molecular complexity index is 1150. The SMILES string of the molecule is CCCCN1C(=O)[C@@H]2[C@H](C1=O)N1[C@H](c3ccccc3)[C@@H]3C(=O)N(CCCC)C(=O)[C@@H]3N1[C@H]2c1ccccc1. The predicted molar refractivity (Wildman–Crippen MR) is 140 cm³/mol. The molecular formula is C30H34N4O4. The third kappa shape index (κ3) is 3.50. The number of likely N-dealkylation sites (tertiary alicyclic amines) is 2. The number of carbonyl (C=O) groups is 4. The fourth-order valence-electron chi connectivity index (χ4n) is 6.99. The molecule has 0 N–H and O–H groups in total. The maximum absolute atomic E-state index is 13.9. The van der Waals surface area contributed by atoms with Crippen molar-refractivity contribution in [3.05, 3.63) is 71.8 Å². The highest BCUT2D eigenvalue weighted by molar-refractivity contribution is 6.10. The summed E-state index contributed by atoms with van der Waals surface area (Å²) in [6, 6.07) is 16.8. The maximum Gasteiger partial charge on any atom is 0.248 e. The van der Waals surface area contributed by atoms with Crippen LogP contribution in [0.2, 0.25) is 0 Å². The van der Waals surface area contributed by atoms with E-state index in [4.69, 9.17) is 0 Å². The summed E-state index contributed by atoms with van der Waals surface area (Å²) in [5.74, 6) is -2.08. The molecule has 198 valence electrons. The van der Waals surface area contributed by atoms with E-state index in [9.17, 15) is 19.2 Å². The van der Waals surface area contributed by atoms with Gasteiger partial charge in [-0.3, -0.25) is 29.0 Å². The summed E-state index contributed by atoms with van der Waals surface area (Å²) < 4.78 is 0. The molecule has 2 aromatic carbocycles. The number of unbranched alkanes of at least 4 members (excludes halogenated alkanes) is 2.